The van der Waals surface area contributed by atoms with Crippen molar-refractivity contribution in [2.75, 3.05) is 38.2 Å². The number of benzene rings is 1. The van der Waals surface area contributed by atoms with Crippen molar-refractivity contribution in [2.45, 2.75) is 0 Å². The normalized spacial score (nSPS) is 15.4. The van der Waals surface area contributed by atoms with Gasteiger partial charge in [-0.05, 0) is 12.1 Å². The smallest absolute Gasteiger partial charge is 0.396 e. The predicted octanol–water partition coefficient (Wildman–Crippen LogP) is 0.508. The van der Waals surface area contributed by atoms with Crippen LogP contribution in [0.5, 0.6) is 0 Å². The van der Waals surface area contributed by atoms with E-state index >= 15 is 0 Å². The Kier molecular flexibility index (Phi) is 3.82. The van der Waals surface area contributed by atoms with E-state index in [4.69, 9.17) is 0 Å². The van der Waals surface area contributed by atoms with Gasteiger partial charge >= 0.3 is 11.9 Å². The number of hydrogen-bond acceptors (Lipinski definition) is 4. The summed E-state index contributed by atoms with van der Waals surface area (Å²) in [6.07, 6.45) is 0. The molecule has 1 saturated heterocycles. The maximum Gasteiger partial charge on any atom is 0.396 e. The Morgan fingerprint density at radius 1 is 1.06 bits per heavy atom. The molecule has 1 aliphatic rings. The third kappa shape index (κ3) is 2.61. The fourth-order valence-electron chi connectivity index (χ4n) is 2.02. The number of rotatable bonds is 1. The molecule has 0 bridgehead atoms. The molecular weight excluding hydrogens is 232 g/mol. The molecule has 1 fully saturated rings. The SMILES string of the molecule is COC(=O)C(=O)N1CCN(c2ccccc2)CC1. The van der Waals surface area contributed by atoms with E-state index in [0.29, 0.717) is 13.1 Å². The summed E-state index contributed by atoms with van der Waals surface area (Å²) in [5.74, 6) is -1.34. The van der Waals surface area contributed by atoms with Crippen molar-refractivity contribution < 1.29 is 14.3 Å². The fraction of sp³-hybridized carbons (Fsp3) is 0.385. The van der Waals surface area contributed by atoms with E-state index < -0.39 is 11.9 Å². The molecule has 1 heterocycles. The molecule has 0 aliphatic carbocycles. The number of piperazine rings is 1. The first-order chi connectivity index (χ1) is 8.72. The second kappa shape index (κ2) is 5.53. The van der Waals surface area contributed by atoms with E-state index in [1.165, 1.54) is 12.0 Å². The van der Waals surface area contributed by atoms with Crippen LogP contribution in [0.25, 0.3) is 0 Å². The van der Waals surface area contributed by atoms with Crippen LogP contribution in [-0.4, -0.2) is 50.1 Å². The number of methoxy groups -OCH3 is 1. The molecule has 1 aliphatic heterocycles. The average molecular weight is 248 g/mol. The largest absolute Gasteiger partial charge is 0.462 e. The summed E-state index contributed by atoms with van der Waals surface area (Å²) in [6.45, 7) is 2.55. The zero-order valence-corrected chi connectivity index (χ0v) is 10.3. The van der Waals surface area contributed by atoms with Gasteiger partial charge in [-0.15, -0.1) is 0 Å². The van der Waals surface area contributed by atoms with Crippen LogP contribution in [0, 0.1) is 0 Å². The number of carbonyl (C=O) groups is 2. The molecule has 0 spiro atoms. The van der Waals surface area contributed by atoms with Gasteiger partial charge in [0.05, 0.1) is 7.11 Å². The van der Waals surface area contributed by atoms with E-state index in [2.05, 4.69) is 9.64 Å². The van der Waals surface area contributed by atoms with Gasteiger partial charge in [-0.2, -0.15) is 0 Å². The van der Waals surface area contributed by atoms with E-state index in [1.807, 2.05) is 30.3 Å². The van der Waals surface area contributed by atoms with Gasteiger partial charge in [-0.1, -0.05) is 18.2 Å². The van der Waals surface area contributed by atoms with Crippen molar-refractivity contribution in [1.82, 2.24) is 4.90 Å². The number of amides is 1. The second-order valence-corrected chi connectivity index (χ2v) is 4.11. The quantitative estimate of drug-likeness (QED) is 0.536. The highest BCUT2D eigenvalue weighted by Gasteiger charge is 2.26. The number of nitrogens with zero attached hydrogens (tertiary/aromatic N) is 2. The van der Waals surface area contributed by atoms with Crippen molar-refractivity contribution in [1.29, 1.82) is 0 Å². The van der Waals surface area contributed by atoms with Gasteiger partial charge in [-0.3, -0.25) is 4.79 Å². The number of ether oxygens (including phenoxy) is 1. The van der Waals surface area contributed by atoms with Crippen LogP contribution >= 0.6 is 0 Å². The van der Waals surface area contributed by atoms with Crippen molar-refractivity contribution in [3.05, 3.63) is 30.3 Å². The first kappa shape index (κ1) is 12.4. The minimum absolute atomic E-state index is 0.544. The molecule has 1 aromatic rings. The minimum atomic E-state index is -0.789. The van der Waals surface area contributed by atoms with Crippen LogP contribution in [-0.2, 0) is 14.3 Å². The number of hydrogen-bond donors (Lipinski definition) is 0. The maximum absolute atomic E-state index is 11.6. The van der Waals surface area contributed by atoms with Crippen LogP contribution in [0.4, 0.5) is 5.69 Å². The summed E-state index contributed by atoms with van der Waals surface area (Å²) in [7, 11) is 1.22. The van der Waals surface area contributed by atoms with E-state index in [9.17, 15) is 9.59 Å². The minimum Gasteiger partial charge on any atom is -0.462 e. The van der Waals surface area contributed by atoms with Crippen molar-refractivity contribution in [2.24, 2.45) is 0 Å². The Morgan fingerprint density at radius 2 is 1.67 bits per heavy atom. The number of anilines is 1. The van der Waals surface area contributed by atoms with Gasteiger partial charge < -0.3 is 14.5 Å². The molecule has 0 N–H and O–H groups in total. The molecule has 96 valence electrons. The number of carbonyl (C=O) groups excluding carboxylic acids is 2. The average Bonchev–Trinajstić information content (AvgIpc) is 2.47. The van der Waals surface area contributed by atoms with Gasteiger partial charge in [0.1, 0.15) is 0 Å². The molecule has 0 saturated carbocycles. The molecule has 1 amide bonds. The first-order valence-corrected chi connectivity index (χ1v) is 5.89. The first-order valence-electron chi connectivity index (χ1n) is 5.89. The lowest BCUT2D eigenvalue weighted by Gasteiger charge is -2.35. The Labute approximate surface area is 106 Å². The molecule has 5 heteroatoms. The summed E-state index contributed by atoms with van der Waals surface area (Å²) in [6, 6.07) is 10.0. The Balaban J connectivity index is 1.92. The molecule has 5 nitrogen and oxygen atoms in total. The van der Waals surface area contributed by atoms with Gasteiger partial charge in [0.2, 0.25) is 0 Å². The fourth-order valence-corrected chi connectivity index (χ4v) is 2.02. The van der Waals surface area contributed by atoms with Crippen LogP contribution in [0.15, 0.2) is 30.3 Å². The molecule has 0 unspecified atom stereocenters. The van der Waals surface area contributed by atoms with Crippen LogP contribution in [0.3, 0.4) is 0 Å². The molecule has 0 radical (unpaired) electrons. The van der Waals surface area contributed by atoms with Crippen LogP contribution in [0.2, 0.25) is 0 Å². The third-order valence-corrected chi connectivity index (χ3v) is 3.05. The summed E-state index contributed by atoms with van der Waals surface area (Å²) in [4.78, 5) is 26.5. The molecule has 0 aromatic heterocycles. The molecule has 18 heavy (non-hydrogen) atoms. The second-order valence-electron chi connectivity index (χ2n) is 4.11. The van der Waals surface area contributed by atoms with Crippen LogP contribution < -0.4 is 4.90 Å². The highest BCUT2D eigenvalue weighted by atomic mass is 16.5. The zero-order chi connectivity index (χ0) is 13.0. The number of esters is 1. The summed E-state index contributed by atoms with van der Waals surface area (Å²) in [5, 5.41) is 0. The monoisotopic (exact) mass is 248 g/mol. The maximum atomic E-state index is 11.6. The summed E-state index contributed by atoms with van der Waals surface area (Å²) in [5.41, 5.74) is 1.14. The highest BCUT2D eigenvalue weighted by molar-refractivity contribution is 6.32. The third-order valence-electron chi connectivity index (χ3n) is 3.05. The van der Waals surface area contributed by atoms with E-state index in [1.54, 1.807) is 0 Å². The van der Waals surface area contributed by atoms with Crippen molar-refractivity contribution in [3.8, 4) is 0 Å². The number of para-hydroxylation sites is 1. The Hall–Kier alpha value is -2.04. The molecular formula is C13H16N2O3. The van der Waals surface area contributed by atoms with Crippen molar-refractivity contribution >= 4 is 17.6 Å². The predicted molar refractivity (Wildman–Crippen MR) is 67.3 cm³/mol. The highest BCUT2D eigenvalue weighted by Crippen LogP contribution is 2.15. The standard InChI is InChI=1S/C13H16N2O3/c1-18-13(17)12(16)15-9-7-14(8-10-15)11-5-3-2-4-6-11/h2-6H,7-10H2,1H3. The summed E-state index contributed by atoms with van der Waals surface area (Å²) >= 11 is 0. The van der Waals surface area contributed by atoms with Gasteiger partial charge in [-0.25, -0.2) is 4.79 Å². The van der Waals surface area contributed by atoms with E-state index in [-0.39, 0.29) is 0 Å². The lowest BCUT2D eigenvalue weighted by molar-refractivity contribution is -0.158. The van der Waals surface area contributed by atoms with Gasteiger partial charge in [0, 0.05) is 31.9 Å². The van der Waals surface area contributed by atoms with Gasteiger partial charge in [0.15, 0.2) is 0 Å². The van der Waals surface area contributed by atoms with Crippen molar-refractivity contribution in [3.63, 3.8) is 0 Å². The zero-order valence-electron chi connectivity index (χ0n) is 10.3. The molecule has 2 rings (SSSR count). The van der Waals surface area contributed by atoms with Gasteiger partial charge in [0.25, 0.3) is 0 Å². The Morgan fingerprint density at radius 3 is 2.22 bits per heavy atom. The lowest BCUT2D eigenvalue weighted by Crippen LogP contribution is -2.50. The topological polar surface area (TPSA) is 49.9 Å². The van der Waals surface area contributed by atoms with Crippen LogP contribution in [0.1, 0.15) is 0 Å². The molecule has 1 aromatic carbocycles. The molecule has 0 atom stereocenters. The Bertz CT molecular complexity index is 425. The van der Waals surface area contributed by atoms with E-state index in [0.717, 1.165) is 18.8 Å². The lowest BCUT2D eigenvalue weighted by atomic mass is 10.2. The summed E-state index contributed by atoms with van der Waals surface area (Å²) < 4.78 is 4.43.